The molecule has 41 heavy (non-hydrogen) atoms. The molecule has 2 fully saturated rings. The highest BCUT2D eigenvalue weighted by Gasteiger charge is 2.28. The van der Waals surface area contributed by atoms with Crippen LogP contribution < -0.4 is 11.5 Å². The molecule has 0 atom stereocenters. The zero-order valence-electron chi connectivity index (χ0n) is 23.3. The highest BCUT2D eigenvalue weighted by atomic mass is 32.2. The van der Waals surface area contributed by atoms with Crippen LogP contribution >= 0.6 is 0 Å². The van der Waals surface area contributed by atoms with Gasteiger partial charge in [0.1, 0.15) is 5.84 Å². The first-order chi connectivity index (χ1) is 19.4. The fourth-order valence-corrected chi connectivity index (χ4v) is 5.91. The summed E-state index contributed by atoms with van der Waals surface area (Å²) in [4.78, 5) is 33.8. The molecule has 2 heterocycles. The Morgan fingerprint density at radius 3 is 1.73 bits per heavy atom. The summed E-state index contributed by atoms with van der Waals surface area (Å²) < 4.78 is 27.2. The molecule has 0 spiro atoms. The van der Waals surface area contributed by atoms with E-state index in [9.17, 15) is 18.0 Å². The molecule has 2 amide bonds. The van der Waals surface area contributed by atoms with Gasteiger partial charge in [-0.2, -0.15) is 0 Å². The molecule has 0 saturated carbocycles. The lowest BCUT2D eigenvalue weighted by molar-refractivity contribution is 0.0535. The van der Waals surface area contributed by atoms with Gasteiger partial charge in [-0.3, -0.25) is 25.3 Å². The SMILES string of the molecule is CN(C)S(=O)(=O)c1cc(CN2CCN(C(=N)N)CC2)cc(C(=O)N2CCN(C(=O)c3ccc(C(=N)N)cc3)CC2)c1. The normalized spacial score (nSPS) is 16.6. The molecule has 0 bridgehead atoms. The third-order valence-electron chi connectivity index (χ3n) is 7.41. The number of carbonyl (C=O) groups is 2. The standard InChI is InChI=1S/C27H37N9O4S/c1-32(2)41(39,40)23-16-19(18-33-7-9-36(10-8-33)27(30)31)15-22(17-23)26(38)35-13-11-34(12-14-35)25(37)21-5-3-20(4-6-21)24(28)29/h3-6,15-17H,7-14,18H2,1-2H3,(H3,28,29)(H3,30,31). The summed E-state index contributed by atoms with van der Waals surface area (Å²) in [6.45, 7) is 4.24. The summed E-state index contributed by atoms with van der Waals surface area (Å²) in [6.07, 6.45) is 0. The monoisotopic (exact) mass is 583 g/mol. The number of nitrogens with zero attached hydrogens (tertiary/aromatic N) is 5. The molecule has 14 heteroatoms. The average Bonchev–Trinajstić information content (AvgIpc) is 2.96. The number of guanidine groups is 1. The van der Waals surface area contributed by atoms with Crippen molar-refractivity contribution in [2.45, 2.75) is 11.4 Å². The second-order valence-corrected chi connectivity index (χ2v) is 12.5. The van der Waals surface area contributed by atoms with Gasteiger partial charge in [0.25, 0.3) is 11.8 Å². The zero-order valence-corrected chi connectivity index (χ0v) is 24.2. The fraction of sp³-hybridized carbons (Fsp3) is 0.407. The van der Waals surface area contributed by atoms with E-state index in [2.05, 4.69) is 4.90 Å². The molecule has 0 unspecified atom stereocenters. The molecule has 4 rings (SSSR count). The molecule has 0 radical (unpaired) electrons. The highest BCUT2D eigenvalue weighted by molar-refractivity contribution is 7.89. The van der Waals surface area contributed by atoms with Crippen LogP contribution in [0, 0.1) is 10.8 Å². The minimum Gasteiger partial charge on any atom is -0.384 e. The van der Waals surface area contributed by atoms with Crippen molar-refractivity contribution in [3.05, 3.63) is 64.7 Å². The van der Waals surface area contributed by atoms with Gasteiger partial charge in [0.15, 0.2) is 5.96 Å². The van der Waals surface area contributed by atoms with Crippen LogP contribution in [0.2, 0.25) is 0 Å². The van der Waals surface area contributed by atoms with Crippen LogP contribution in [0.4, 0.5) is 0 Å². The molecular formula is C27H37N9O4S. The van der Waals surface area contributed by atoms with Gasteiger partial charge >= 0.3 is 0 Å². The van der Waals surface area contributed by atoms with Gasteiger partial charge < -0.3 is 26.2 Å². The number of amides is 2. The van der Waals surface area contributed by atoms with E-state index in [1.54, 1.807) is 51.1 Å². The molecule has 2 aliphatic rings. The van der Waals surface area contributed by atoms with Gasteiger partial charge in [0.05, 0.1) is 4.90 Å². The Kier molecular flexibility index (Phi) is 8.95. The lowest BCUT2D eigenvalue weighted by atomic mass is 10.1. The number of rotatable bonds is 7. The second kappa shape index (κ2) is 12.2. The van der Waals surface area contributed by atoms with Gasteiger partial charge in [-0.1, -0.05) is 12.1 Å². The summed E-state index contributed by atoms with van der Waals surface area (Å²) >= 11 is 0. The number of hydrogen-bond donors (Lipinski definition) is 4. The first-order valence-electron chi connectivity index (χ1n) is 13.3. The maximum Gasteiger partial charge on any atom is 0.254 e. The number of sulfonamides is 1. The van der Waals surface area contributed by atoms with E-state index in [1.165, 1.54) is 20.2 Å². The molecule has 13 nitrogen and oxygen atoms in total. The number of amidine groups is 1. The molecule has 2 aliphatic heterocycles. The number of hydrogen-bond acceptors (Lipinski definition) is 7. The number of benzene rings is 2. The third kappa shape index (κ3) is 6.84. The maximum atomic E-state index is 13.6. The third-order valence-corrected chi connectivity index (χ3v) is 9.20. The van der Waals surface area contributed by atoms with Gasteiger partial charge in [0.2, 0.25) is 10.0 Å². The van der Waals surface area contributed by atoms with Crippen LogP contribution in [0.1, 0.15) is 31.8 Å². The summed E-state index contributed by atoms with van der Waals surface area (Å²) in [5.74, 6) is -0.499. The van der Waals surface area contributed by atoms with Crippen molar-refractivity contribution in [3.8, 4) is 0 Å². The second-order valence-electron chi connectivity index (χ2n) is 10.4. The fourth-order valence-electron chi connectivity index (χ4n) is 4.91. The van der Waals surface area contributed by atoms with Crippen molar-refractivity contribution >= 4 is 33.6 Å². The smallest absolute Gasteiger partial charge is 0.254 e. The predicted octanol–water partition coefficient (Wildman–Crippen LogP) is -0.170. The van der Waals surface area contributed by atoms with Crippen LogP contribution in [0.15, 0.2) is 47.4 Å². The number of nitrogens with two attached hydrogens (primary N) is 2. The summed E-state index contributed by atoms with van der Waals surface area (Å²) in [7, 11) is -0.883. The zero-order chi connectivity index (χ0) is 29.9. The number of piperazine rings is 2. The van der Waals surface area contributed by atoms with Crippen molar-refractivity contribution in [3.63, 3.8) is 0 Å². The van der Waals surface area contributed by atoms with E-state index < -0.39 is 10.0 Å². The van der Waals surface area contributed by atoms with Crippen molar-refractivity contribution in [2.75, 3.05) is 66.5 Å². The summed E-state index contributed by atoms with van der Waals surface area (Å²) in [5.41, 5.74) is 13.1. The first-order valence-corrected chi connectivity index (χ1v) is 14.7. The minimum absolute atomic E-state index is 0.0318. The quantitative estimate of drug-likeness (QED) is 0.256. The van der Waals surface area contributed by atoms with E-state index in [0.29, 0.717) is 75.6 Å². The molecular weight excluding hydrogens is 546 g/mol. The van der Waals surface area contributed by atoms with Crippen LogP contribution in [-0.4, -0.2) is 122 Å². The molecule has 2 aromatic carbocycles. The average molecular weight is 584 g/mol. The molecule has 2 aromatic rings. The van der Waals surface area contributed by atoms with E-state index in [4.69, 9.17) is 22.3 Å². The van der Waals surface area contributed by atoms with Crippen LogP contribution in [0.3, 0.4) is 0 Å². The van der Waals surface area contributed by atoms with Crippen molar-refractivity contribution in [1.29, 1.82) is 10.8 Å². The Hall–Kier alpha value is -4.01. The lowest BCUT2D eigenvalue weighted by Crippen LogP contribution is -2.50. The van der Waals surface area contributed by atoms with Gasteiger partial charge in [-0.25, -0.2) is 12.7 Å². The van der Waals surface area contributed by atoms with Crippen LogP contribution in [-0.2, 0) is 16.6 Å². The van der Waals surface area contributed by atoms with E-state index in [1.807, 2.05) is 0 Å². The summed E-state index contributed by atoms with van der Waals surface area (Å²) in [5, 5.41) is 15.1. The van der Waals surface area contributed by atoms with E-state index >= 15 is 0 Å². The van der Waals surface area contributed by atoms with Crippen molar-refractivity contribution < 1.29 is 18.0 Å². The largest absolute Gasteiger partial charge is 0.384 e. The minimum atomic E-state index is -3.79. The number of nitrogen functional groups attached to an aromatic ring is 1. The number of carbonyl (C=O) groups excluding carboxylic acids is 2. The van der Waals surface area contributed by atoms with Crippen LogP contribution in [0.25, 0.3) is 0 Å². The van der Waals surface area contributed by atoms with Crippen LogP contribution in [0.5, 0.6) is 0 Å². The van der Waals surface area contributed by atoms with Gasteiger partial charge in [0, 0.05) is 89.7 Å². The Bertz CT molecular complexity index is 1430. The molecule has 0 aliphatic carbocycles. The van der Waals surface area contributed by atoms with E-state index in [0.717, 1.165) is 4.31 Å². The number of nitrogens with one attached hydrogen (secondary N) is 2. The lowest BCUT2D eigenvalue weighted by Gasteiger charge is -2.35. The molecule has 0 aromatic heterocycles. The van der Waals surface area contributed by atoms with E-state index in [-0.39, 0.29) is 34.1 Å². The first kappa shape index (κ1) is 30.0. The topological polar surface area (TPSA) is 184 Å². The highest BCUT2D eigenvalue weighted by Crippen LogP contribution is 2.22. The van der Waals surface area contributed by atoms with Gasteiger partial charge in [-0.15, -0.1) is 0 Å². The Morgan fingerprint density at radius 2 is 1.24 bits per heavy atom. The molecule has 220 valence electrons. The predicted molar refractivity (Wildman–Crippen MR) is 155 cm³/mol. The van der Waals surface area contributed by atoms with Crippen molar-refractivity contribution in [2.24, 2.45) is 11.5 Å². The maximum absolute atomic E-state index is 13.6. The Balaban J connectivity index is 1.48. The Morgan fingerprint density at radius 1 is 0.756 bits per heavy atom. The van der Waals surface area contributed by atoms with Crippen molar-refractivity contribution in [1.82, 2.24) is 23.9 Å². The molecule has 6 N–H and O–H groups in total. The Labute approximate surface area is 240 Å². The van der Waals surface area contributed by atoms with Gasteiger partial charge in [-0.05, 0) is 35.9 Å². The molecule has 2 saturated heterocycles. The summed E-state index contributed by atoms with van der Waals surface area (Å²) in [6, 6.07) is 11.3.